The smallest absolute Gasteiger partial charge is 0.0785 e. The Kier molecular flexibility index (Phi) is 2.30. The van der Waals surface area contributed by atoms with Crippen molar-refractivity contribution < 1.29 is 5.11 Å². The highest BCUT2D eigenvalue weighted by Crippen LogP contribution is 2.06. The predicted molar refractivity (Wildman–Crippen MR) is 40.2 cm³/mol. The maximum Gasteiger partial charge on any atom is 0.0785 e. The summed E-state index contributed by atoms with van der Waals surface area (Å²) in [5, 5.41) is 11.7. The van der Waals surface area contributed by atoms with Crippen molar-refractivity contribution in [3.63, 3.8) is 0 Å². The van der Waals surface area contributed by atoms with Crippen LogP contribution in [-0.2, 0) is 0 Å². The van der Waals surface area contributed by atoms with Gasteiger partial charge in [-0.2, -0.15) is 0 Å². The normalized spacial score (nSPS) is 25.1. The third kappa shape index (κ3) is 1.84. The van der Waals surface area contributed by atoms with Crippen molar-refractivity contribution in [3.05, 3.63) is 22.8 Å². The zero-order valence-corrected chi connectivity index (χ0v) is 6.43. The number of halogens is 1. The first kappa shape index (κ1) is 6.83. The Labute approximate surface area is 62.4 Å². The number of aliphatic hydroxyl groups is 1. The molecule has 0 spiro atoms. The summed E-state index contributed by atoms with van der Waals surface area (Å²) in [6.07, 6.45) is 5.71. The number of rotatable bonds is 1. The number of nitrogens with one attached hydrogen (secondary N) is 1. The van der Waals surface area contributed by atoms with Crippen molar-refractivity contribution >= 4 is 15.9 Å². The van der Waals surface area contributed by atoms with Crippen molar-refractivity contribution in [2.75, 3.05) is 6.61 Å². The molecule has 0 aromatic carbocycles. The molecule has 0 bridgehead atoms. The summed E-state index contributed by atoms with van der Waals surface area (Å²) in [5.41, 5.74) is 0. The lowest BCUT2D eigenvalue weighted by Gasteiger charge is -2.14. The van der Waals surface area contributed by atoms with Crippen LogP contribution in [0.15, 0.2) is 22.8 Å². The van der Waals surface area contributed by atoms with Gasteiger partial charge in [0.2, 0.25) is 0 Å². The summed E-state index contributed by atoms with van der Waals surface area (Å²) < 4.78 is 0.920. The van der Waals surface area contributed by atoms with Gasteiger partial charge in [0.05, 0.1) is 17.3 Å². The maximum absolute atomic E-state index is 8.65. The molecule has 1 atom stereocenters. The molecule has 0 fully saturated rings. The first-order chi connectivity index (χ1) is 4.33. The number of allylic oxidation sites excluding steroid dienone is 2. The average molecular weight is 190 g/mol. The fourth-order valence-electron chi connectivity index (χ4n) is 0.654. The first-order valence-electron chi connectivity index (χ1n) is 2.74. The van der Waals surface area contributed by atoms with Gasteiger partial charge in [-0.25, -0.2) is 0 Å². The van der Waals surface area contributed by atoms with E-state index in [0.717, 1.165) is 4.61 Å². The minimum atomic E-state index is 0.0735. The van der Waals surface area contributed by atoms with Gasteiger partial charge in [0.1, 0.15) is 0 Å². The molecule has 0 saturated carbocycles. The van der Waals surface area contributed by atoms with Crippen LogP contribution < -0.4 is 5.32 Å². The fourth-order valence-corrected chi connectivity index (χ4v) is 1.10. The molecule has 0 saturated heterocycles. The minimum absolute atomic E-state index is 0.0735. The molecule has 50 valence electrons. The highest BCUT2D eigenvalue weighted by Gasteiger charge is 2.04. The van der Waals surface area contributed by atoms with Crippen molar-refractivity contribution in [1.29, 1.82) is 0 Å². The molecular formula is C6H8BrNO. The Morgan fingerprint density at radius 2 is 2.56 bits per heavy atom. The van der Waals surface area contributed by atoms with E-state index < -0.39 is 0 Å². The molecule has 1 aliphatic heterocycles. The van der Waals surface area contributed by atoms with Gasteiger partial charge < -0.3 is 10.4 Å². The minimum Gasteiger partial charge on any atom is -0.394 e. The Balaban J connectivity index is 2.51. The van der Waals surface area contributed by atoms with Crippen molar-refractivity contribution in [1.82, 2.24) is 5.32 Å². The molecule has 1 heterocycles. The van der Waals surface area contributed by atoms with E-state index in [-0.39, 0.29) is 12.6 Å². The summed E-state index contributed by atoms with van der Waals surface area (Å²) in [6, 6.07) is 0.0735. The van der Waals surface area contributed by atoms with Crippen LogP contribution in [0.25, 0.3) is 0 Å². The lowest BCUT2D eigenvalue weighted by Crippen LogP contribution is -2.29. The predicted octanol–water partition coefficient (Wildman–Crippen LogP) is 0.743. The SMILES string of the molecule is OCC1C=CC=C(Br)N1. The summed E-state index contributed by atoms with van der Waals surface area (Å²) in [7, 11) is 0. The van der Waals surface area contributed by atoms with Crippen LogP contribution in [0.1, 0.15) is 0 Å². The van der Waals surface area contributed by atoms with Crippen molar-refractivity contribution in [2.45, 2.75) is 6.04 Å². The standard InChI is InChI=1S/C6H8BrNO/c7-6-3-1-2-5(4-9)8-6/h1-3,5,8-9H,4H2. The van der Waals surface area contributed by atoms with Gasteiger partial charge in [0, 0.05) is 0 Å². The van der Waals surface area contributed by atoms with Crippen LogP contribution in [-0.4, -0.2) is 17.8 Å². The fraction of sp³-hybridized carbons (Fsp3) is 0.333. The van der Waals surface area contributed by atoms with Gasteiger partial charge in [0.25, 0.3) is 0 Å². The zero-order valence-electron chi connectivity index (χ0n) is 4.84. The van der Waals surface area contributed by atoms with E-state index in [9.17, 15) is 0 Å². The van der Waals surface area contributed by atoms with E-state index in [2.05, 4.69) is 21.2 Å². The summed E-state index contributed by atoms with van der Waals surface area (Å²) in [4.78, 5) is 0. The van der Waals surface area contributed by atoms with Crippen molar-refractivity contribution in [3.8, 4) is 0 Å². The number of hydrogen-bond acceptors (Lipinski definition) is 2. The lowest BCUT2D eigenvalue weighted by molar-refractivity contribution is 0.272. The van der Waals surface area contributed by atoms with Crippen LogP contribution in [0, 0.1) is 0 Å². The van der Waals surface area contributed by atoms with Gasteiger partial charge in [0.15, 0.2) is 0 Å². The zero-order chi connectivity index (χ0) is 6.69. The third-order valence-electron chi connectivity index (χ3n) is 1.11. The van der Waals surface area contributed by atoms with Crippen LogP contribution in [0.5, 0.6) is 0 Å². The number of hydrogen-bond donors (Lipinski definition) is 2. The van der Waals surface area contributed by atoms with Crippen molar-refractivity contribution in [2.24, 2.45) is 0 Å². The summed E-state index contributed by atoms with van der Waals surface area (Å²) in [5.74, 6) is 0. The number of dihydropyridines is 1. The van der Waals surface area contributed by atoms with Gasteiger partial charge in [-0.15, -0.1) is 0 Å². The van der Waals surface area contributed by atoms with E-state index in [1.807, 2.05) is 18.2 Å². The lowest BCUT2D eigenvalue weighted by atomic mass is 10.2. The van der Waals surface area contributed by atoms with Crippen LogP contribution in [0.2, 0.25) is 0 Å². The van der Waals surface area contributed by atoms with Crippen LogP contribution in [0.3, 0.4) is 0 Å². The largest absolute Gasteiger partial charge is 0.394 e. The molecule has 9 heavy (non-hydrogen) atoms. The Morgan fingerprint density at radius 1 is 1.78 bits per heavy atom. The van der Waals surface area contributed by atoms with Gasteiger partial charge in [-0.05, 0) is 22.0 Å². The Hall–Kier alpha value is -0.280. The average Bonchev–Trinajstić information content (AvgIpc) is 1.88. The Bertz CT molecular complexity index is 153. The molecule has 3 heteroatoms. The van der Waals surface area contributed by atoms with Gasteiger partial charge in [-0.1, -0.05) is 12.2 Å². The molecule has 0 amide bonds. The molecule has 1 unspecified atom stereocenters. The van der Waals surface area contributed by atoms with E-state index in [1.165, 1.54) is 0 Å². The monoisotopic (exact) mass is 189 g/mol. The van der Waals surface area contributed by atoms with E-state index in [1.54, 1.807) is 0 Å². The third-order valence-corrected chi connectivity index (χ3v) is 1.60. The maximum atomic E-state index is 8.65. The quantitative estimate of drug-likeness (QED) is 0.597. The second-order valence-corrected chi connectivity index (χ2v) is 2.69. The summed E-state index contributed by atoms with van der Waals surface area (Å²) in [6.45, 7) is 0.138. The molecule has 2 nitrogen and oxygen atoms in total. The van der Waals surface area contributed by atoms with Gasteiger partial charge in [-0.3, -0.25) is 0 Å². The highest BCUT2D eigenvalue weighted by atomic mass is 79.9. The second kappa shape index (κ2) is 3.03. The molecule has 0 radical (unpaired) electrons. The molecule has 0 aliphatic carbocycles. The molecule has 2 N–H and O–H groups in total. The van der Waals surface area contributed by atoms with Crippen LogP contribution >= 0.6 is 15.9 Å². The van der Waals surface area contributed by atoms with E-state index in [0.29, 0.717) is 0 Å². The summed E-state index contributed by atoms with van der Waals surface area (Å²) >= 11 is 3.26. The van der Waals surface area contributed by atoms with E-state index >= 15 is 0 Å². The molecule has 0 aromatic heterocycles. The molecule has 1 rings (SSSR count). The highest BCUT2D eigenvalue weighted by molar-refractivity contribution is 9.11. The molecular weight excluding hydrogens is 182 g/mol. The molecule has 0 aromatic rings. The topological polar surface area (TPSA) is 32.3 Å². The molecule has 1 aliphatic rings. The van der Waals surface area contributed by atoms with E-state index in [4.69, 9.17) is 5.11 Å². The number of aliphatic hydroxyl groups excluding tert-OH is 1. The Morgan fingerprint density at radius 3 is 3.00 bits per heavy atom. The van der Waals surface area contributed by atoms with Gasteiger partial charge >= 0.3 is 0 Å². The first-order valence-corrected chi connectivity index (χ1v) is 3.53. The second-order valence-electron chi connectivity index (χ2n) is 1.83. The van der Waals surface area contributed by atoms with Crippen LogP contribution in [0.4, 0.5) is 0 Å².